The number of amides is 2. The fraction of sp³-hybridized carbons (Fsp3) is 0.318. The van der Waals surface area contributed by atoms with Gasteiger partial charge in [-0.3, -0.25) is 9.69 Å². The van der Waals surface area contributed by atoms with Crippen molar-refractivity contribution in [3.8, 4) is 22.6 Å². The molecule has 1 aliphatic carbocycles. The second-order valence-corrected chi connectivity index (χ2v) is 8.46. The highest BCUT2D eigenvalue weighted by Gasteiger charge is 2.33. The van der Waals surface area contributed by atoms with Crippen LogP contribution in [0, 0.1) is 5.82 Å². The van der Waals surface area contributed by atoms with Crippen molar-refractivity contribution >= 4 is 29.0 Å². The number of aromatic nitrogens is 1. The number of thiophene rings is 1. The van der Waals surface area contributed by atoms with Crippen LogP contribution >= 0.6 is 11.3 Å². The van der Waals surface area contributed by atoms with Gasteiger partial charge < -0.3 is 14.6 Å². The van der Waals surface area contributed by atoms with Gasteiger partial charge >= 0.3 is 6.09 Å². The number of fused-ring (bicyclic) bond motifs is 3. The van der Waals surface area contributed by atoms with Crippen molar-refractivity contribution in [3.63, 3.8) is 0 Å². The molecular weight excluding hydrogens is 421 g/mol. The van der Waals surface area contributed by atoms with Crippen LogP contribution in [0.4, 0.5) is 14.9 Å². The van der Waals surface area contributed by atoms with Crippen molar-refractivity contribution in [3.05, 3.63) is 45.9 Å². The van der Waals surface area contributed by atoms with E-state index in [2.05, 4.69) is 10.5 Å². The molecule has 1 aromatic carbocycles. The van der Waals surface area contributed by atoms with E-state index in [4.69, 9.17) is 9.26 Å². The van der Waals surface area contributed by atoms with E-state index in [-0.39, 0.29) is 24.4 Å². The molecule has 2 aromatic heterocycles. The molecule has 7 nitrogen and oxygen atoms in total. The number of nitrogens with one attached hydrogen (secondary N) is 1. The van der Waals surface area contributed by atoms with E-state index < -0.39 is 6.09 Å². The van der Waals surface area contributed by atoms with E-state index in [0.717, 1.165) is 41.6 Å². The van der Waals surface area contributed by atoms with Gasteiger partial charge in [0.2, 0.25) is 5.91 Å². The highest BCUT2D eigenvalue weighted by atomic mass is 32.1. The SMILES string of the molecule is CC(=O)NC[C@H]1CN(c2ccc3c(c2)CCCc2c(-c4cscc4F)noc2-3)C(=O)O1. The normalized spacial score (nSPS) is 17.7. The number of benzene rings is 1. The Morgan fingerprint density at radius 2 is 2.19 bits per heavy atom. The summed E-state index contributed by atoms with van der Waals surface area (Å²) >= 11 is 1.30. The summed E-state index contributed by atoms with van der Waals surface area (Å²) in [5.41, 5.74) is 4.64. The number of cyclic esters (lactones) is 1. The maximum absolute atomic E-state index is 14.1. The lowest BCUT2D eigenvalue weighted by Gasteiger charge is -2.15. The molecule has 2 aliphatic rings. The Labute approximate surface area is 181 Å². The largest absolute Gasteiger partial charge is 0.442 e. The molecule has 31 heavy (non-hydrogen) atoms. The number of nitrogens with zero attached hydrogens (tertiary/aromatic N) is 2. The number of carbonyl (C=O) groups excluding carboxylic acids is 2. The molecule has 1 aliphatic heterocycles. The maximum Gasteiger partial charge on any atom is 0.414 e. The van der Waals surface area contributed by atoms with Crippen LogP contribution in [-0.2, 0) is 22.4 Å². The van der Waals surface area contributed by atoms with Gasteiger partial charge in [-0.05, 0) is 43.0 Å². The van der Waals surface area contributed by atoms with Crippen molar-refractivity contribution in [2.24, 2.45) is 0 Å². The van der Waals surface area contributed by atoms with Crippen LogP contribution in [0.5, 0.6) is 0 Å². The average molecular weight is 441 g/mol. The van der Waals surface area contributed by atoms with E-state index in [9.17, 15) is 14.0 Å². The van der Waals surface area contributed by atoms with Crippen molar-refractivity contribution in [2.75, 3.05) is 18.0 Å². The molecule has 9 heteroatoms. The fourth-order valence-corrected chi connectivity index (χ4v) is 4.82. The van der Waals surface area contributed by atoms with Crippen LogP contribution in [0.15, 0.2) is 33.5 Å². The first-order chi connectivity index (χ1) is 15.0. The van der Waals surface area contributed by atoms with E-state index in [1.54, 1.807) is 10.3 Å². The van der Waals surface area contributed by atoms with Gasteiger partial charge in [-0.1, -0.05) is 5.16 Å². The van der Waals surface area contributed by atoms with Gasteiger partial charge in [0.05, 0.1) is 18.7 Å². The van der Waals surface area contributed by atoms with Crippen molar-refractivity contribution < 1.29 is 23.2 Å². The third kappa shape index (κ3) is 3.59. The van der Waals surface area contributed by atoms with Gasteiger partial charge in [0, 0.05) is 34.5 Å². The molecule has 2 amide bonds. The minimum Gasteiger partial charge on any atom is -0.442 e. The van der Waals surface area contributed by atoms with Gasteiger partial charge in [0.1, 0.15) is 17.6 Å². The second-order valence-electron chi connectivity index (χ2n) is 7.72. The molecule has 1 saturated heterocycles. The van der Waals surface area contributed by atoms with Crippen LogP contribution in [0.3, 0.4) is 0 Å². The average Bonchev–Trinajstić information content (AvgIpc) is 3.42. The van der Waals surface area contributed by atoms with Gasteiger partial charge in [-0.15, -0.1) is 11.3 Å². The molecular formula is C22H20FN3O4S. The standard InChI is InChI=1S/C22H20FN3O4S/c1-12(27)24-8-15-9-26(22(28)29-15)14-5-6-16-13(7-14)3-2-4-17-20(25-30-21(16)17)18-10-31-11-19(18)23/h5-7,10-11,15H,2-4,8-9H2,1H3,(H,24,27)/t15-/m0/s1. The quantitative estimate of drug-likeness (QED) is 0.657. The molecule has 3 aromatic rings. The summed E-state index contributed by atoms with van der Waals surface area (Å²) in [5, 5.41) is 10.1. The summed E-state index contributed by atoms with van der Waals surface area (Å²) in [6.07, 6.45) is 1.58. The zero-order valence-electron chi connectivity index (χ0n) is 16.8. The highest BCUT2D eigenvalue weighted by Crippen LogP contribution is 2.40. The van der Waals surface area contributed by atoms with Crippen molar-refractivity contribution in [1.82, 2.24) is 10.5 Å². The smallest absolute Gasteiger partial charge is 0.414 e. The maximum atomic E-state index is 14.1. The van der Waals surface area contributed by atoms with Crippen molar-refractivity contribution in [1.29, 1.82) is 0 Å². The van der Waals surface area contributed by atoms with E-state index in [1.165, 1.54) is 23.6 Å². The van der Waals surface area contributed by atoms with E-state index in [0.29, 0.717) is 23.6 Å². The summed E-state index contributed by atoms with van der Waals surface area (Å²) < 4.78 is 25.2. The van der Waals surface area contributed by atoms with Crippen LogP contribution < -0.4 is 10.2 Å². The van der Waals surface area contributed by atoms with Crippen LogP contribution in [-0.4, -0.2) is 36.4 Å². The molecule has 0 bridgehead atoms. The fourth-order valence-electron chi connectivity index (χ4n) is 4.14. The number of ether oxygens (including phenoxy) is 1. The topological polar surface area (TPSA) is 84.7 Å². The number of halogens is 1. The number of hydrogen-bond donors (Lipinski definition) is 1. The van der Waals surface area contributed by atoms with Crippen LogP contribution in [0.1, 0.15) is 24.5 Å². The van der Waals surface area contributed by atoms with E-state index in [1.807, 2.05) is 18.2 Å². The molecule has 0 radical (unpaired) electrons. The van der Waals surface area contributed by atoms with Crippen LogP contribution in [0.2, 0.25) is 0 Å². The first kappa shape index (κ1) is 19.7. The van der Waals surface area contributed by atoms with E-state index >= 15 is 0 Å². The Morgan fingerprint density at radius 1 is 1.32 bits per heavy atom. The predicted octanol–water partition coefficient (Wildman–Crippen LogP) is 4.16. The number of aryl methyl sites for hydroxylation is 1. The Balaban J connectivity index is 1.44. The summed E-state index contributed by atoms with van der Waals surface area (Å²) in [6, 6.07) is 5.74. The number of anilines is 1. The Bertz CT molecular complexity index is 1170. The molecule has 0 unspecified atom stereocenters. The van der Waals surface area contributed by atoms with Crippen molar-refractivity contribution in [2.45, 2.75) is 32.3 Å². The minimum absolute atomic E-state index is 0.163. The Kier molecular flexibility index (Phi) is 4.97. The number of hydrogen-bond acceptors (Lipinski definition) is 6. The molecule has 5 rings (SSSR count). The van der Waals surface area contributed by atoms with Crippen LogP contribution in [0.25, 0.3) is 22.6 Å². The Hall–Kier alpha value is -3.20. The zero-order chi connectivity index (χ0) is 21.5. The summed E-state index contributed by atoms with van der Waals surface area (Å²) in [7, 11) is 0. The van der Waals surface area contributed by atoms with Gasteiger partial charge in [0.25, 0.3) is 0 Å². The number of rotatable bonds is 4. The molecule has 3 heterocycles. The summed E-state index contributed by atoms with van der Waals surface area (Å²) in [4.78, 5) is 25.1. The lowest BCUT2D eigenvalue weighted by atomic mass is 10.0. The first-order valence-electron chi connectivity index (χ1n) is 10.1. The zero-order valence-corrected chi connectivity index (χ0v) is 17.6. The Morgan fingerprint density at radius 3 is 2.97 bits per heavy atom. The third-order valence-corrected chi connectivity index (χ3v) is 6.34. The number of carbonyl (C=O) groups is 2. The molecule has 0 saturated carbocycles. The minimum atomic E-state index is -0.431. The predicted molar refractivity (Wildman–Crippen MR) is 114 cm³/mol. The second kappa shape index (κ2) is 7.81. The molecule has 1 atom stereocenters. The summed E-state index contributed by atoms with van der Waals surface area (Å²) in [5.74, 6) is 0.207. The lowest BCUT2D eigenvalue weighted by Crippen LogP contribution is -2.33. The monoisotopic (exact) mass is 441 g/mol. The van der Waals surface area contributed by atoms with Gasteiger partial charge in [0.15, 0.2) is 5.76 Å². The lowest BCUT2D eigenvalue weighted by molar-refractivity contribution is -0.119. The molecule has 1 fully saturated rings. The highest BCUT2D eigenvalue weighted by molar-refractivity contribution is 7.08. The molecule has 0 spiro atoms. The molecule has 160 valence electrons. The van der Waals surface area contributed by atoms with Gasteiger partial charge in [-0.2, -0.15) is 0 Å². The first-order valence-corrected chi connectivity index (χ1v) is 11.0. The molecule has 1 N–H and O–H groups in total. The third-order valence-electron chi connectivity index (χ3n) is 5.63. The van der Waals surface area contributed by atoms with Gasteiger partial charge in [-0.25, -0.2) is 9.18 Å². The summed E-state index contributed by atoms with van der Waals surface area (Å²) in [6.45, 7) is 2.08.